The molecule has 2 N–H and O–H groups in total. The van der Waals surface area contributed by atoms with Crippen LogP contribution in [0.4, 0.5) is 10.8 Å². The lowest BCUT2D eigenvalue weighted by Crippen LogP contribution is -2.26. The van der Waals surface area contributed by atoms with Crippen LogP contribution in [0.2, 0.25) is 10.0 Å². The fourth-order valence-corrected chi connectivity index (χ4v) is 5.70. The van der Waals surface area contributed by atoms with Crippen LogP contribution in [0.1, 0.15) is 23.2 Å². The van der Waals surface area contributed by atoms with Crippen molar-refractivity contribution in [3.8, 4) is 0 Å². The maximum absolute atomic E-state index is 12.7. The van der Waals surface area contributed by atoms with Gasteiger partial charge in [-0.3, -0.25) is 20.2 Å². The molecule has 0 radical (unpaired) electrons. The van der Waals surface area contributed by atoms with Crippen molar-refractivity contribution in [3.05, 3.63) is 56.1 Å². The van der Waals surface area contributed by atoms with Gasteiger partial charge in [0.1, 0.15) is 4.90 Å². The number of sulfonamides is 1. The van der Waals surface area contributed by atoms with Gasteiger partial charge in [-0.2, -0.15) is 0 Å². The molecule has 1 aliphatic carbocycles. The standard InChI is InChI=1S/C17H12Cl2N4O5S2/c18-11-7-12(19)15(30(27,28)22-8-1-2-8)6-10(11)16(24)21-17-20-13-4-3-9(23(25)26)5-14(13)29-17/h3-8,22H,1-2H2,(H,20,21,24). The van der Waals surface area contributed by atoms with E-state index in [4.69, 9.17) is 23.2 Å². The first-order valence-corrected chi connectivity index (χ1v) is 11.6. The van der Waals surface area contributed by atoms with Crippen molar-refractivity contribution in [1.29, 1.82) is 0 Å². The summed E-state index contributed by atoms with van der Waals surface area (Å²) < 4.78 is 28.0. The second-order valence-corrected chi connectivity index (χ2v) is 10.1. The molecule has 2 aromatic carbocycles. The van der Waals surface area contributed by atoms with Gasteiger partial charge in [-0.1, -0.05) is 34.5 Å². The number of nitro groups is 1. The van der Waals surface area contributed by atoms with E-state index in [1.807, 2.05) is 0 Å². The van der Waals surface area contributed by atoms with Crippen molar-refractivity contribution in [2.45, 2.75) is 23.8 Å². The lowest BCUT2D eigenvalue weighted by atomic mass is 10.2. The van der Waals surface area contributed by atoms with Crippen LogP contribution in [0, 0.1) is 10.1 Å². The van der Waals surface area contributed by atoms with Crippen LogP contribution >= 0.6 is 34.5 Å². The van der Waals surface area contributed by atoms with Gasteiger partial charge in [-0.05, 0) is 31.0 Å². The molecule has 0 unspecified atom stereocenters. The average molecular weight is 487 g/mol. The molecule has 1 amide bonds. The van der Waals surface area contributed by atoms with Crippen molar-refractivity contribution < 1.29 is 18.1 Å². The molecule has 1 saturated carbocycles. The minimum atomic E-state index is -3.90. The first kappa shape index (κ1) is 20.9. The summed E-state index contributed by atoms with van der Waals surface area (Å²) in [6.45, 7) is 0. The monoisotopic (exact) mass is 486 g/mol. The van der Waals surface area contributed by atoms with Gasteiger partial charge in [-0.15, -0.1) is 0 Å². The van der Waals surface area contributed by atoms with Crippen LogP contribution < -0.4 is 10.0 Å². The van der Waals surface area contributed by atoms with Gasteiger partial charge in [0.2, 0.25) is 10.0 Å². The zero-order valence-corrected chi connectivity index (χ0v) is 18.0. The van der Waals surface area contributed by atoms with Gasteiger partial charge < -0.3 is 0 Å². The molecule has 0 spiro atoms. The summed E-state index contributed by atoms with van der Waals surface area (Å²) in [5, 5.41) is 13.5. The number of nitro benzene ring substituents is 1. The molecule has 4 rings (SSSR count). The third-order valence-electron chi connectivity index (χ3n) is 4.26. The number of anilines is 1. The fourth-order valence-electron chi connectivity index (χ4n) is 2.64. The quantitative estimate of drug-likeness (QED) is 0.396. The molecule has 9 nitrogen and oxygen atoms in total. The lowest BCUT2D eigenvalue weighted by molar-refractivity contribution is -0.384. The SMILES string of the molecule is O=C(Nc1nc2ccc([N+](=O)[O-])cc2s1)c1cc(S(=O)(=O)NC2CC2)c(Cl)cc1Cl. The smallest absolute Gasteiger partial charge is 0.270 e. The first-order chi connectivity index (χ1) is 14.1. The number of aromatic nitrogens is 1. The number of carbonyl (C=O) groups excluding carboxylic acids is 1. The number of nitrogens with one attached hydrogen (secondary N) is 2. The Kier molecular flexibility index (Phi) is 5.41. The van der Waals surface area contributed by atoms with Gasteiger partial charge >= 0.3 is 0 Å². The van der Waals surface area contributed by atoms with Crippen LogP contribution in [-0.2, 0) is 10.0 Å². The summed E-state index contributed by atoms with van der Waals surface area (Å²) in [4.78, 5) is 27.1. The predicted octanol–water partition coefficient (Wildman–Crippen LogP) is 4.20. The zero-order chi connectivity index (χ0) is 21.6. The van der Waals surface area contributed by atoms with Gasteiger partial charge in [0.25, 0.3) is 11.6 Å². The van der Waals surface area contributed by atoms with Crippen molar-refractivity contribution in [2.24, 2.45) is 0 Å². The first-order valence-electron chi connectivity index (χ1n) is 8.52. The van der Waals surface area contributed by atoms with E-state index in [1.54, 1.807) is 0 Å². The molecule has 1 aromatic heterocycles. The number of hydrogen-bond donors (Lipinski definition) is 2. The Balaban J connectivity index is 1.64. The number of non-ortho nitro benzene ring substituents is 1. The normalized spacial score (nSPS) is 14.1. The highest BCUT2D eigenvalue weighted by atomic mass is 35.5. The number of fused-ring (bicyclic) bond motifs is 1. The number of thiazole rings is 1. The Hall–Kier alpha value is -2.31. The number of rotatable bonds is 6. The molecule has 0 atom stereocenters. The molecule has 13 heteroatoms. The Labute approximate surface area is 184 Å². The zero-order valence-electron chi connectivity index (χ0n) is 14.9. The van der Waals surface area contributed by atoms with Gasteiger partial charge in [0.05, 0.1) is 30.7 Å². The molecule has 3 aromatic rings. The molecule has 1 heterocycles. The van der Waals surface area contributed by atoms with Crippen molar-refractivity contribution in [2.75, 3.05) is 5.32 Å². The minimum absolute atomic E-state index is 0.0281. The van der Waals surface area contributed by atoms with Crippen LogP contribution in [0.5, 0.6) is 0 Å². The van der Waals surface area contributed by atoms with Crippen LogP contribution in [0.25, 0.3) is 10.2 Å². The number of amides is 1. The summed E-state index contributed by atoms with van der Waals surface area (Å²) in [6, 6.07) is 6.32. The second kappa shape index (κ2) is 7.75. The van der Waals surface area contributed by atoms with E-state index in [2.05, 4.69) is 15.0 Å². The second-order valence-electron chi connectivity index (χ2n) is 6.54. The Bertz CT molecular complexity index is 1300. The van der Waals surface area contributed by atoms with Gasteiger partial charge in [0.15, 0.2) is 5.13 Å². The minimum Gasteiger partial charge on any atom is -0.298 e. The number of nitrogens with zero attached hydrogens (tertiary/aromatic N) is 2. The number of halogens is 2. The van der Waals surface area contributed by atoms with Gasteiger partial charge in [0, 0.05) is 18.2 Å². The Morgan fingerprint density at radius 1 is 1.20 bits per heavy atom. The molecule has 0 aliphatic heterocycles. The molecule has 0 saturated heterocycles. The maximum atomic E-state index is 12.7. The van der Waals surface area contributed by atoms with Crippen molar-refractivity contribution in [3.63, 3.8) is 0 Å². The summed E-state index contributed by atoms with van der Waals surface area (Å²) >= 11 is 13.2. The highest BCUT2D eigenvalue weighted by Crippen LogP contribution is 2.33. The molecule has 156 valence electrons. The van der Waals surface area contributed by atoms with E-state index < -0.39 is 20.9 Å². The van der Waals surface area contributed by atoms with Crippen molar-refractivity contribution >= 4 is 71.5 Å². The number of hydrogen-bond acceptors (Lipinski definition) is 7. The average Bonchev–Trinajstić information content (AvgIpc) is 3.36. The van der Waals surface area contributed by atoms with E-state index in [-0.39, 0.29) is 37.4 Å². The molecule has 0 bridgehead atoms. The molecular weight excluding hydrogens is 475 g/mol. The van der Waals surface area contributed by atoms with E-state index in [0.717, 1.165) is 30.2 Å². The van der Waals surface area contributed by atoms with E-state index in [9.17, 15) is 23.3 Å². The Morgan fingerprint density at radius 2 is 1.93 bits per heavy atom. The topological polar surface area (TPSA) is 131 Å². The highest BCUT2D eigenvalue weighted by Gasteiger charge is 2.30. The van der Waals surface area contributed by atoms with Crippen LogP contribution in [0.15, 0.2) is 35.2 Å². The van der Waals surface area contributed by atoms with Gasteiger partial charge in [-0.25, -0.2) is 18.1 Å². The maximum Gasteiger partial charge on any atom is 0.270 e. The van der Waals surface area contributed by atoms with Crippen molar-refractivity contribution in [1.82, 2.24) is 9.71 Å². The predicted molar refractivity (Wildman–Crippen MR) is 114 cm³/mol. The van der Waals surface area contributed by atoms with E-state index >= 15 is 0 Å². The van der Waals surface area contributed by atoms with E-state index in [0.29, 0.717) is 10.2 Å². The van der Waals surface area contributed by atoms with Crippen LogP contribution in [0.3, 0.4) is 0 Å². The third-order valence-corrected chi connectivity index (χ3v) is 7.49. The summed E-state index contributed by atoms with van der Waals surface area (Å²) in [6.07, 6.45) is 1.49. The third kappa shape index (κ3) is 4.25. The molecule has 30 heavy (non-hydrogen) atoms. The lowest BCUT2D eigenvalue weighted by Gasteiger charge is -2.11. The Morgan fingerprint density at radius 3 is 2.60 bits per heavy atom. The summed E-state index contributed by atoms with van der Waals surface area (Å²) in [5.41, 5.74) is 0.283. The summed E-state index contributed by atoms with van der Waals surface area (Å²) in [5.74, 6) is -0.687. The number of carbonyl (C=O) groups is 1. The fraction of sp³-hybridized carbons (Fsp3) is 0.176. The molecular formula is C17H12Cl2N4O5S2. The summed E-state index contributed by atoms with van der Waals surface area (Å²) in [7, 11) is -3.90. The largest absolute Gasteiger partial charge is 0.298 e. The van der Waals surface area contributed by atoms with E-state index in [1.165, 1.54) is 24.3 Å². The number of benzene rings is 2. The molecule has 1 aliphatic rings. The van der Waals surface area contributed by atoms with Crippen LogP contribution in [-0.4, -0.2) is 30.3 Å². The molecule has 1 fully saturated rings. The highest BCUT2D eigenvalue weighted by molar-refractivity contribution is 7.89.